The van der Waals surface area contributed by atoms with E-state index in [2.05, 4.69) is 17.1 Å². The first kappa shape index (κ1) is 13.8. The molecule has 0 saturated carbocycles. The molecule has 1 N–H and O–H groups in total. The second-order valence-electron chi connectivity index (χ2n) is 4.31. The molecule has 18 heavy (non-hydrogen) atoms. The highest BCUT2D eigenvalue weighted by Gasteiger charge is 2.18. The second-order valence-corrected chi connectivity index (χ2v) is 6.03. The number of carbonyl (C=O) groups is 1. The molecule has 0 spiro atoms. The van der Waals surface area contributed by atoms with Crippen molar-refractivity contribution in [2.45, 2.75) is 13.0 Å². The van der Waals surface area contributed by atoms with Gasteiger partial charge in [0, 0.05) is 25.7 Å². The summed E-state index contributed by atoms with van der Waals surface area (Å²) in [6.45, 7) is 6.18. The van der Waals surface area contributed by atoms with Crippen LogP contribution in [-0.2, 0) is 4.74 Å². The largest absolute Gasteiger partial charge is 0.379 e. The van der Waals surface area contributed by atoms with E-state index >= 15 is 0 Å². The van der Waals surface area contributed by atoms with Gasteiger partial charge >= 0.3 is 0 Å². The number of rotatable bonds is 4. The monoisotopic (exact) mass is 288 g/mol. The summed E-state index contributed by atoms with van der Waals surface area (Å²) in [7, 11) is 0. The van der Waals surface area contributed by atoms with Crippen LogP contribution in [0.3, 0.4) is 0 Å². The van der Waals surface area contributed by atoms with E-state index in [-0.39, 0.29) is 5.91 Å². The number of nitrogens with zero attached hydrogens (tertiary/aromatic N) is 1. The minimum absolute atomic E-state index is 0.0491. The van der Waals surface area contributed by atoms with Crippen LogP contribution >= 0.6 is 22.9 Å². The molecule has 1 aliphatic heterocycles. The lowest BCUT2D eigenvalue weighted by Crippen LogP contribution is -2.47. The number of hydrogen-bond acceptors (Lipinski definition) is 4. The smallest absolute Gasteiger partial charge is 0.261 e. The van der Waals surface area contributed by atoms with Crippen molar-refractivity contribution in [1.82, 2.24) is 10.2 Å². The highest BCUT2D eigenvalue weighted by Crippen LogP contribution is 2.21. The Morgan fingerprint density at radius 1 is 1.56 bits per heavy atom. The maximum absolute atomic E-state index is 11.8. The number of ether oxygens (including phenoxy) is 1. The van der Waals surface area contributed by atoms with Gasteiger partial charge in [-0.3, -0.25) is 9.69 Å². The van der Waals surface area contributed by atoms with Crippen LogP contribution < -0.4 is 5.32 Å². The first-order valence-electron chi connectivity index (χ1n) is 6.02. The van der Waals surface area contributed by atoms with Gasteiger partial charge in [0.05, 0.1) is 22.4 Å². The molecule has 1 amide bonds. The zero-order valence-electron chi connectivity index (χ0n) is 10.3. The van der Waals surface area contributed by atoms with Gasteiger partial charge in [-0.05, 0) is 19.1 Å². The van der Waals surface area contributed by atoms with Crippen molar-refractivity contribution < 1.29 is 9.53 Å². The summed E-state index contributed by atoms with van der Waals surface area (Å²) in [6.07, 6.45) is 0. The van der Waals surface area contributed by atoms with E-state index in [0.29, 0.717) is 21.8 Å². The lowest BCUT2D eigenvalue weighted by molar-refractivity contribution is 0.0204. The molecule has 0 unspecified atom stereocenters. The number of carbonyl (C=O) groups excluding carboxylic acids is 1. The van der Waals surface area contributed by atoms with Crippen LogP contribution in [0.25, 0.3) is 0 Å². The minimum Gasteiger partial charge on any atom is -0.379 e. The fourth-order valence-corrected chi connectivity index (χ4v) is 2.87. The molecule has 0 radical (unpaired) electrons. The minimum atomic E-state index is -0.0491. The van der Waals surface area contributed by atoms with Gasteiger partial charge in [0.25, 0.3) is 5.91 Å². The third-order valence-corrected chi connectivity index (χ3v) is 4.25. The maximum Gasteiger partial charge on any atom is 0.261 e. The van der Waals surface area contributed by atoms with Crippen LogP contribution in [0.2, 0.25) is 4.34 Å². The van der Waals surface area contributed by atoms with Crippen molar-refractivity contribution in [3.05, 3.63) is 21.3 Å². The predicted molar refractivity (Wildman–Crippen MR) is 73.5 cm³/mol. The third kappa shape index (κ3) is 3.68. The van der Waals surface area contributed by atoms with Crippen LogP contribution in [0.1, 0.15) is 16.6 Å². The number of hydrogen-bond donors (Lipinski definition) is 1. The first-order chi connectivity index (χ1) is 8.66. The molecule has 0 bridgehead atoms. The van der Waals surface area contributed by atoms with Crippen molar-refractivity contribution in [1.29, 1.82) is 0 Å². The summed E-state index contributed by atoms with van der Waals surface area (Å²) in [5.74, 6) is -0.0491. The van der Waals surface area contributed by atoms with Gasteiger partial charge in [-0.2, -0.15) is 0 Å². The number of amides is 1. The fraction of sp³-hybridized carbons (Fsp3) is 0.583. The first-order valence-corrected chi connectivity index (χ1v) is 7.21. The molecule has 2 heterocycles. The zero-order valence-corrected chi connectivity index (χ0v) is 11.9. The lowest BCUT2D eigenvalue weighted by atomic mass is 10.2. The summed E-state index contributed by atoms with van der Waals surface area (Å²) in [5, 5.41) is 2.94. The summed E-state index contributed by atoms with van der Waals surface area (Å²) in [6, 6.07) is 3.82. The van der Waals surface area contributed by atoms with Gasteiger partial charge in [0.2, 0.25) is 0 Å². The Bertz CT molecular complexity index is 405. The molecule has 1 aliphatic rings. The van der Waals surface area contributed by atoms with Crippen molar-refractivity contribution in [2.75, 3.05) is 32.8 Å². The zero-order chi connectivity index (χ0) is 13.0. The number of halogens is 1. The Balaban J connectivity index is 1.78. The van der Waals surface area contributed by atoms with E-state index in [0.717, 1.165) is 26.3 Å². The quantitative estimate of drug-likeness (QED) is 0.919. The fourth-order valence-electron chi connectivity index (χ4n) is 1.91. The predicted octanol–water partition coefficient (Wildman–Crippen LogP) is 1.85. The van der Waals surface area contributed by atoms with Gasteiger partial charge in [-0.25, -0.2) is 0 Å². The highest BCUT2D eigenvalue weighted by molar-refractivity contribution is 7.17. The van der Waals surface area contributed by atoms with Crippen LogP contribution in [0, 0.1) is 0 Å². The molecule has 1 saturated heterocycles. The number of nitrogens with one attached hydrogen (secondary N) is 1. The molecule has 1 fully saturated rings. The topological polar surface area (TPSA) is 41.6 Å². The molecule has 0 aliphatic carbocycles. The summed E-state index contributed by atoms with van der Waals surface area (Å²) >= 11 is 7.11. The Hall–Kier alpha value is -0.620. The molecule has 1 aromatic rings. The Kier molecular flexibility index (Phi) is 5.00. The van der Waals surface area contributed by atoms with Crippen molar-refractivity contribution in [3.8, 4) is 0 Å². The van der Waals surface area contributed by atoms with Crippen molar-refractivity contribution in [2.24, 2.45) is 0 Å². The Labute approximate surface area is 116 Å². The molecule has 2 rings (SSSR count). The van der Waals surface area contributed by atoms with Crippen LogP contribution in [0.15, 0.2) is 12.1 Å². The van der Waals surface area contributed by atoms with Gasteiger partial charge < -0.3 is 10.1 Å². The summed E-state index contributed by atoms with van der Waals surface area (Å²) in [5.41, 5.74) is 0. The highest BCUT2D eigenvalue weighted by atomic mass is 35.5. The van der Waals surface area contributed by atoms with E-state index in [1.165, 1.54) is 11.3 Å². The molecule has 4 nitrogen and oxygen atoms in total. The van der Waals surface area contributed by atoms with E-state index in [1.807, 2.05) is 0 Å². The number of thiophene rings is 1. The average Bonchev–Trinajstić information content (AvgIpc) is 2.83. The second kappa shape index (κ2) is 6.52. The SMILES string of the molecule is C[C@@H](CNC(=O)c1ccc(Cl)s1)N1CCOCC1. The molecule has 1 atom stereocenters. The van der Waals surface area contributed by atoms with E-state index < -0.39 is 0 Å². The van der Waals surface area contributed by atoms with Crippen LogP contribution in [0.5, 0.6) is 0 Å². The van der Waals surface area contributed by atoms with E-state index in [1.54, 1.807) is 12.1 Å². The lowest BCUT2D eigenvalue weighted by Gasteiger charge is -2.32. The van der Waals surface area contributed by atoms with Gasteiger partial charge in [-0.15, -0.1) is 11.3 Å². The van der Waals surface area contributed by atoms with Crippen molar-refractivity contribution >= 4 is 28.8 Å². The normalized spacial score (nSPS) is 18.6. The van der Waals surface area contributed by atoms with E-state index in [9.17, 15) is 4.79 Å². The average molecular weight is 289 g/mol. The van der Waals surface area contributed by atoms with Gasteiger partial charge in [-0.1, -0.05) is 11.6 Å². The molecular formula is C12H17ClN2O2S. The maximum atomic E-state index is 11.8. The van der Waals surface area contributed by atoms with Gasteiger partial charge in [0.15, 0.2) is 0 Å². The molecule has 100 valence electrons. The Morgan fingerprint density at radius 2 is 2.28 bits per heavy atom. The van der Waals surface area contributed by atoms with Crippen molar-refractivity contribution in [3.63, 3.8) is 0 Å². The summed E-state index contributed by atoms with van der Waals surface area (Å²) in [4.78, 5) is 14.8. The molecule has 1 aromatic heterocycles. The Morgan fingerprint density at radius 3 is 2.89 bits per heavy atom. The standard InChI is InChI=1S/C12H17ClN2O2S/c1-9(15-4-6-17-7-5-15)8-14-12(16)10-2-3-11(13)18-10/h2-3,9H,4-8H2,1H3,(H,14,16)/t9-/m0/s1. The van der Waals surface area contributed by atoms with Crippen LogP contribution in [0.4, 0.5) is 0 Å². The summed E-state index contributed by atoms with van der Waals surface area (Å²) < 4.78 is 5.95. The molecule has 0 aromatic carbocycles. The molecular weight excluding hydrogens is 272 g/mol. The molecule has 6 heteroatoms. The third-order valence-electron chi connectivity index (χ3n) is 3.02. The number of morpholine rings is 1. The van der Waals surface area contributed by atoms with Gasteiger partial charge in [0.1, 0.15) is 0 Å². The van der Waals surface area contributed by atoms with Crippen LogP contribution in [-0.4, -0.2) is 49.7 Å². The van der Waals surface area contributed by atoms with E-state index in [4.69, 9.17) is 16.3 Å².